The third kappa shape index (κ3) is 2.21. The van der Waals surface area contributed by atoms with E-state index in [4.69, 9.17) is 0 Å². The summed E-state index contributed by atoms with van der Waals surface area (Å²) < 4.78 is 44.3. The lowest BCUT2D eigenvalue weighted by molar-refractivity contribution is 0.555. The third-order valence-corrected chi connectivity index (χ3v) is 0.553. The molecular formula is C2BClF4. The van der Waals surface area contributed by atoms with Crippen LogP contribution in [-0.2, 0) is 0 Å². The molecule has 0 radical (unpaired) electrons. The van der Waals surface area contributed by atoms with Crippen molar-refractivity contribution in [2.45, 2.75) is 0 Å². The molecule has 0 nitrogen and oxygen atoms in total. The van der Waals surface area contributed by atoms with Gasteiger partial charge < -0.3 is 0 Å². The minimum Gasteiger partial charge on any atom is -0.279 e. The molecule has 0 rings (SSSR count). The van der Waals surface area contributed by atoms with Gasteiger partial charge in [-0.1, -0.05) is 0 Å². The lowest BCUT2D eigenvalue weighted by Crippen LogP contribution is -1.97. The smallest absolute Gasteiger partial charge is 0.279 e. The summed E-state index contributed by atoms with van der Waals surface area (Å²) in [7, 11) is -3.45. The van der Waals surface area contributed by atoms with Crippen LogP contribution >= 0.6 is 11.6 Å². The lowest BCUT2D eigenvalue weighted by atomic mass is 9.98. The van der Waals surface area contributed by atoms with Crippen molar-refractivity contribution in [1.82, 2.24) is 0 Å². The van der Waals surface area contributed by atoms with E-state index >= 15 is 0 Å². The predicted molar refractivity (Wildman–Crippen MR) is 23.1 cm³/mol. The average Bonchev–Trinajstić information content (AvgIpc) is 1.64. The summed E-state index contributed by atoms with van der Waals surface area (Å²) in [5, 5.41) is -1.99. The van der Waals surface area contributed by atoms with Crippen LogP contribution in [0.25, 0.3) is 0 Å². The molecule has 8 heavy (non-hydrogen) atoms. The lowest BCUT2D eigenvalue weighted by Gasteiger charge is -1.84. The van der Waals surface area contributed by atoms with Gasteiger partial charge in [0, 0.05) is 0 Å². The van der Waals surface area contributed by atoms with E-state index < -0.39 is 18.3 Å². The van der Waals surface area contributed by atoms with E-state index in [0.29, 0.717) is 0 Å². The normalized spacial score (nSPS) is 13.1. The van der Waals surface area contributed by atoms with Crippen LogP contribution < -0.4 is 0 Å². The third-order valence-electron chi connectivity index (χ3n) is 0.372. The highest BCUT2D eigenvalue weighted by molar-refractivity contribution is 6.53. The molecule has 0 amide bonds. The molecule has 46 valence electrons. The average molecular weight is 146 g/mol. The zero-order valence-electron chi connectivity index (χ0n) is 3.47. The highest BCUT2D eigenvalue weighted by atomic mass is 35.5. The van der Waals surface area contributed by atoms with Crippen molar-refractivity contribution < 1.29 is 17.4 Å². The van der Waals surface area contributed by atoms with Crippen LogP contribution in [0.5, 0.6) is 0 Å². The zero-order chi connectivity index (χ0) is 6.73. The van der Waals surface area contributed by atoms with Crippen molar-refractivity contribution >= 4 is 18.9 Å². The fourth-order valence-corrected chi connectivity index (χ4v) is 0.165. The fourth-order valence-electron chi connectivity index (χ4n) is 0.0825. The summed E-state index contributed by atoms with van der Waals surface area (Å²) in [6, 6.07) is 0. The van der Waals surface area contributed by atoms with Crippen molar-refractivity contribution in [3.05, 3.63) is 11.0 Å². The molecule has 0 N–H and O–H groups in total. The molecule has 0 bridgehead atoms. The van der Waals surface area contributed by atoms with Crippen LogP contribution in [0.3, 0.4) is 0 Å². The molecule has 0 saturated carbocycles. The van der Waals surface area contributed by atoms with Gasteiger partial charge in [0.1, 0.15) is 0 Å². The number of halogens is 5. The van der Waals surface area contributed by atoms with Crippen LogP contribution in [0.4, 0.5) is 17.4 Å². The van der Waals surface area contributed by atoms with Gasteiger partial charge >= 0.3 is 7.27 Å². The van der Waals surface area contributed by atoms with E-state index in [1.807, 2.05) is 0 Å². The van der Waals surface area contributed by atoms with E-state index in [9.17, 15) is 17.4 Å². The Morgan fingerprint density at radius 3 is 1.62 bits per heavy atom. The van der Waals surface area contributed by atoms with Crippen molar-refractivity contribution in [3.8, 4) is 0 Å². The predicted octanol–water partition coefficient (Wildman–Crippen LogP) is 2.30. The first-order valence-corrected chi connectivity index (χ1v) is 1.92. The summed E-state index contributed by atoms with van der Waals surface area (Å²) in [5.74, 6) is 0. The van der Waals surface area contributed by atoms with Crippen molar-refractivity contribution in [3.63, 3.8) is 0 Å². The molecule has 0 atom stereocenters. The monoisotopic (exact) mass is 146 g/mol. The quantitative estimate of drug-likeness (QED) is 0.393. The van der Waals surface area contributed by atoms with Crippen molar-refractivity contribution in [2.75, 3.05) is 0 Å². The Morgan fingerprint density at radius 1 is 1.25 bits per heavy atom. The maximum absolute atomic E-state index is 11.3. The Balaban J connectivity index is 4.00. The Labute approximate surface area is 48.3 Å². The second-order valence-corrected chi connectivity index (χ2v) is 1.24. The second-order valence-electron chi connectivity index (χ2n) is 0.909. The summed E-state index contributed by atoms with van der Waals surface area (Å²) in [6.45, 7) is 0. The first-order chi connectivity index (χ1) is 3.55. The molecule has 6 heteroatoms. The highest BCUT2D eigenvalue weighted by Gasteiger charge is 2.23. The molecular weight excluding hydrogens is 146 g/mol. The van der Waals surface area contributed by atoms with Gasteiger partial charge in [-0.2, -0.15) is 4.39 Å². The van der Waals surface area contributed by atoms with E-state index in [1.54, 1.807) is 0 Å². The highest BCUT2D eigenvalue weighted by Crippen LogP contribution is 2.15. The van der Waals surface area contributed by atoms with Gasteiger partial charge in [0.05, 0.1) is 0 Å². The second kappa shape index (κ2) is 2.97. The maximum Gasteiger partial charge on any atom is 0.605 e. The molecule has 0 aromatic heterocycles. The van der Waals surface area contributed by atoms with Gasteiger partial charge in [-0.05, 0) is 11.6 Å². The molecule has 0 aromatic rings. The topological polar surface area (TPSA) is 0 Å². The first kappa shape index (κ1) is 7.81. The molecule has 0 fully saturated rings. The van der Waals surface area contributed by atoms with Crippen LogP contribution in [0, 0.1) is 0 Å². The minimum atomic E-state index is -3.45. The van der Waals surface area contributed by atoms with Crippen LogP contribution in [-0.4, -0.2) is 7.27 Å². The van der Waals surface area contributed by atoms with Gasteiger partial charge in [-0.15, -0.1) is 0 Å². The SMILES string of the molecule is FB(F)/C(F)=C(\F)Cl. The molecule has 0 unspecified atom stereocenters. The molecule has 0 saturated heterocycles. The summed E-state index contributed by atoms with van der Waals surface area (Å²) in [4.78, 5) is 0. The minimum absolute atomic E-state index is 1.99. The Kier molecular flexibility index (Phi) is 2.90. The Bertz CT molecular complexity index is 107. The van der Waals surface area contributed by atoms with Gasteiger partial charge in [0.25, 0.3) is 0 Å². The molecule has 0 aliphatic heterocycles. The van der Waals surface area contributed by atoms with Gasteiger partial charge in [-0.3, -0.25) is 8.63 Å². The number of hydrogen-bond acceptors (Lipinski definition) is 0. The Morgan fingerprint density at radius 2 is 1.62 bits per heavy atom. The summed E-state index contributed by atoms with van der Waals surface area (Å²) in [5.41, 5.74) is -2.22. The van der Waals surface area contributed by atoms with Gasteiger partial charge in [0.2, 0.25) is 5.29 Å². The summed E-state index contributed by atoms with van der Waals surface area (Å²) in [6.07, 6.45) is 0. The molecule has 0 aromatic carbocycles. The fraction of sp³-hybridized carbons (Fsp3) is 0. The Hall–Kier alpha value is -0.185. The van der Waals surface area contributed by atoms with Crippen molar-refractivity contribution in [2.24, 2.45) is 0 Å². The van der Waals surface area contributed by atoms with Gasteiger partial charge in [0.15, 0.2) is 5.73 Å². The van der Waals surface area contributed by atoms with E-state index in [-0.39, 0.29) is 0 Å². The van der Waals surface area contributed by atoms with E-state index in [0.717, 1.165) is 0 Å². The zero-order valence-corrected chi connectivity index (χ0v) is 4.22. The van der Waals surface area contributed by atoms with E-state index in [1.165, 1.54) is 0 Å². The molecule has 0 aliphatic carbocycles. The standard InChI is InChI=1S/C2BClF4/c4-2(6)1(5)3(7)8/b2-1+. The largest absolute Gasteiger partial charge is 0.605 e. The van der Waals surface area contributed by atoms with Crippen LogP contribution in [0.1, 0.15) is 0 Å². The summed E-state index contributed by atoms with van der Waals surface area (Å²) >= 11 is 4.18. The number of hydrogen-bond donors (Lipinski definition) is 0. The maximum atomic E-state index is 11.3. The first-order valence-electron chi connectivity index (χ1n) is 1.54. The number of rotatable bonds is 1. The molecule has 0 spiro atoms. The van der Waals surface area contributed by atoms with Crippen LogP contribution in [0.2, 0.25) is 0 Å². The van der Waals surface area contributed by atoms with Crippen LogP contribution in [0.15, 0.2) is 11.0 Å². The van der Waals surface area contributed by atoms with Crippen molar-refractivity contribution in [1.29, 1.82) is 0 Å². The molecule has 0 aliphatic rings. The van der Waals surface area contributed by atoms with Gasteiger partial charge in [-0.25, -0.2) is 4.39 Å². The van der Waals surface area contributed by atoms with E-state index in [2.05, 4.69) is 11.6 Å². The molecule has 0 heterocycles.